The van der Waals surface area contributed by atoms with Crippen LogP contribution in [-0.4, -0.2) is 37.6 Å². The van der Waals surface area contributed by atoms with Crippen LogP contribution in [0.2, 0.25) is 0 Å². The van der Waals surface area contributed by atoms with Crippen LogP contribution in [0, 0.1) is 5.92 Å². The summed E-state index contributed by atoms with van der Waals surface area (Å²) in [7, 11) is -2.91. The molecule has 0 saturated carbocycles. The third kappa shape index (κ3) is 4.13. The number of carbonyl (C=O) groups is 1. The van der Waals surface area contributed by atoms with E-state index in [0.717, 1.165) is 0 Å². The molecule has 0 aliphatic carbocycles. The first-order chi connectivity index (χ1) is 8.94. The second kappa shape index (κ2) is 5.48. The molecule has 1 aromatic carbocycles. The maximum atomic E-state index is 11.6. The van der Waals surface area contributed by atoms with Gasteiger partial charge in [-0.1, -0.05) is 0 Å². The standard InChI is InChI=1S/C12H16N2O4S/c15-11-3-1-10(2-4-11)14-12(16)13-7-9-5-6-19(17,18)8-9/h1-4,9,15H,5-8H2,(H2,13,14,16). The zero-order chi connectivity index (χ0) is 13.9. The van der Waals surface area contributed by atoms with E-state index in [0.29, 0.717) is 18.7 Å². The molecule has 0 aromatic heterocycles. The van der Waals surface area contributed by atoms with E-state index in [9.17, 15) is 13.2 Å². The summed E-state index contributed by atoms with van der Waals surface area (Å²) in [6.07, 6.45) is 0.599. The maximum absolute atomic E-state index is 11.6. The molecule has 104 valence electrons. The molecule has 1 aliphatic heterocycles. The molecule has 2 amide bonds. The maximum Gasteiger partial charge on any atom is 0.319 e. The molecule has 1 atom stereocenters. The summed E-state index contributed by atoms with van der Waals surface area (Å²) in [5.41, 5.74) is 0.564. The van der Waals surface area contributed by atoms with Crippen molar-refractivity contribution in [2.24, 2.45) is 5.92 Å². The fourth-order valence-electron chi connectivity index (χ4n) is 1.99. The summed E-state index contributed by atoms with van der Waals surface area (Å²) in [6, 6.07) is 5.72. The number of nitrogens with one attached hydrogen (secondary N) is 2. The van der Waals surface area contributed by atoms with Gasteiger partial charge in [-0.15, -0.1) is 0 Å². The van der Waals surface area contributed by atoms with E-state index in [1.54, 1.807) is 12.1 Å². The first kappa shape index (κ1) is 13.7. The highest BCUT2D eigenvalue weighted by atomic mass is 32.2. The van der Waals surface area contributed by atoms with E-state index in [-0.39, 0.29) is 29.2 Å². The van der Waals surface area contributed by atoms with Crippen LogP contribution in [0.3, 0.4) is 0 Å². The van der Waals surface area contributed by atoms with Gasteiger partial charge in [0, 0.05) is 12.2 Å². The van der Waals surface area contributed by atoms with Crippen molar-refractivity contribution in [2.45, 2.75) is 6.42 Å². The number of benzene rings is 1. The molecular weight excluding hydrogens is 268 g/mol. The third-order valence-electron chi connectivity index (χ3n) is 3.00. The zero-order valence-electron chi connectivity index (χ0n) is 10.3. The molecule has 3 N–H and O–H groups in total. The number of carbonyl (C=O) groups excluding carboxylic acids is 1. The smallest absolute Gasteiger partial charge is 0.319 e. The van der Waals surface area contributed by atoms with Crippen LogP contribution in [0.1, 0.15) is 6.42 Å². The number of hydrogen-bond donors (Lipinski definition) is 3. The van der Waals surface area contributed by atoms with E-state index in [1.165, 1.54) is 12.1 Å². The average molecular weight is 284 g/mol. The summed E-state index contributed by atoms with van der Waals surface area (Å²) in [5, 5.41) is 14.4. The van der Waals surface area contributed by atoms with E-state index in [4.69, 9.17) is 5.11 Å². The Morgan fingerprint density at radius 1 is 1.32 bits per heavy atom. The Bertz CT molecular complexity index is 554. The second-order valence-corrected chi connectivity index (χ2v) is 6.88. The third-order valence-corrected chi connectivity index (χ3v) is 4.84. The van der Waals surface area contributed by atoms with Gasteiger partial charge in [0.1, 0.15) is 5.75 Å². The van der Waals surface area contributed by atoms with Crippen molar-refractivity contribution < 1.29 is 18.3 Å². The Morgan fingerprint density at radius 2 is 2.00 bits per heavy atom. The van der Waals surface area contributed by atoms with Gasteiger partial charge in [0.25, 0.3) is 0 Å². The lowest BCUT2D eigenvalue weighted by molar-refractivity contribution is 0.250. The predicted molar refractivity (Wildman–Crippen MR) is 71.9 cm³/mol. The van der Waals surface area contributed by atoms with Crippen molar-refractivity contribution in [1.82, 2.24) is 5.32 Å². The van der Waals surface area contributed by atoms with Crippen LogP contribution >= 0.6 is 0 Å². The van der Waals surface area contributed by atoms with Gasteiger partial charge in [-0.05, 0) is 36.6 Å². The first-order valence-electron chi connectivity index (χ1n) is 5.99. The lowest BCUT2D eigenvalue weighted by atomic mass is 10.1. The Kier molecular flexibility index (Phi) is 3.94. The minimum atomic E-state index is -2.91. The molecule has 1 aliphatic rings. The van der Waals surface area contributed by atoms with Gasteiger partial charge in [-0.3, -0.25) is 0 Å². The minimum absolute atomic E-state index is 0.00410. The molecule has 1 saturated heterocycles. The molecule has 1 fully saturated rings. The quantitative estimate of drug-likeness (QED) is 0.720. The predicted octanol–water partition coefficient (Wildman–Crippen LogP) is 0.948. The molecule has 1 heterocycles. The van der Waals surface area contributed by atoms with Crippen LogP contribution in [0.25, 0.3) is 0 Å². The fourth-order valence-corrected chi connectivity index (χ4v) is 3.85. The van der Waals surface area contributed by atoms with Gasteiger partial charge in [0.2, 0.25) is 0 Å². The summed E-state index contributed by atoms with van der Waals surface area (Å²) in [5.74, 6) is 0.475. The molecule has 2 rings (SSSR count). The topological polar surface area (TPSA) is 95.5 Å². The van der Waals surface area contributed by atoms with E-state index < -0.39 is 9.84 Å². The van der Waals surface area contributed by atoms with E-state index in [2.05, 4.69) is 10.6 Å². The molecule has 1 aromatic rings. The largest absolute Gasteiger partial charge is 0.508 e. The monoisotopic (exact) mass is 284 g/mol. The van der Waals surface area contributed by atoms with Gasteiger partial charge in [-0.2, -0.15) is 0 Å². The number of anilines is 1. The minimum Gasteiger partial charge on any atom is -0.508 e. The first-order valence-corrected chi connectivity index (χ1v) is 7.81. The Balaban J connectivity index is 1.78. The highest BCUT2D eigenvalue weighted by molar-refractivity contribution is 7.91. The van der Waals surface area contributed by atoms with Crippen LogP contribution in [0.4, 0.5) is 10.5 Å². The summed E-state index contributed by atoms with van der Waals surface area (Å²) >= 11 is 0. The lowest BCUT2D eigenvalue weighted by Crippen LogP contribution is -2.33. The van der Waals surface area contributed by atoms with E-state index >= 15 is 0 Å². The van der Waals surface area contributed by atoms with Crippen molar-refractivity contribution >= 4 is 21.6 Å². The van der Waals surface area contributed by atoms with Crippen molar-refractivity contribution in [3.05, 3.63) is 24.3 Å². The second-order valence-electron chi connectivity index (χ2n) is 4.65. The molecule has 1 unspecified atom stereocenters. The van der Waals surface area contributed by atoms with Crippen molar-refractivity contribution in [2.75, 3.05) is 23.4 Å². The van der Waals surface area contributed by atoms with Gasteiger partial charge in [-0.25, -0.2) is 13.2 Å². The number of phenols is 1. The van der Waals surface area contributed by atoms with Crippen LogP contribution in [0.5, 0.6) is 5.75 Å². The molecule has 0 radical (unpaired) electrons. The van der Waals surface area contributed by atoms with Crippen molar-refractivity contribution in [3.63, 3.8) is 0 Å². The Morgan fingerprint density at radius 3 is 2.58 bits per heavy atom. The van der Waals surface area contributed by atoms with Crippen LogP contribution in [0.15, 0.2) is 24.3 Å². The summed E-state index contributed by atoms with van der Waals surface area (Å²) < 4.78 is 22.5. The SMILES string of the molecule is O=C(NCC1CCS(=O)(=O)C1)Nc1ccc(O)cc1. The van der Waals surface area contributed by atoms with Gasteiger partial charge < -0.3 is 15.7 Å². The number of rotatable bonds is 3. The number of hydrogen-bond acceptors (Lipinski definition) is 4. The summed E-state index contributed by atoms with van der Waals surface area (Å²) in [6.45, 7) is 0.350. The van der Waals surface area contributed by atoms with E-state index in [1.807, 2.05) is 0 Å². The van der Waals surface area contributed by atoms with Gasteiger partial charge in [0.05, 0.1) is 11.5 Å². The molecule has 19 heavy (non-hydrogen) atoms. The molecular formula is C12H16N2O4S. The zero-order valence-corrected chi connectivity index (χ0v) is 11.1. The number of urea groups is 1. The Labute approximate surface area is 111 Å². The van der Waals surface area contributed by atoms with Gasteiger partial charge >= 0.3 is 6.03 Å². The molecule has 0 bridgehead atoms. The van der Waals surface area contributed by atoms with Crippen molar-refractivity contribution in [1.29, 1.82) is 0 Å². The summed E-state index contributed by atoms with van der Waals surface area (Å²) in [4.78, 5) is 11.6. The highest BCUT2D eigenvalue weighted by Gasteiger charge is 2.27. The molecule has 6 nitrogen and oxygen atoms in total. The van der Waals surface area contributed by atoms with Crippen molar-refractivity contribution in [3.8, 4) is 5.75 Å². The lowest BCUT2D eigenvalue weighted by Gasteiger charge is -2.10. The normalized spacial score (nSPS) is 20.9. The van der Waals surface area contributed by atoms with Gasteiger partial charge in [0.15, 0.2) is 9.84 Å². The number of sulfone groups is 1. The van der Waals surface area contributed by atoms with Crippen LogP contribution < -0.4 is 10.6 Å². The molecule has 0 spiro atoms. The molecule has 7 heteroatoms. The van der Waals surface area contributed by atoms with Crippen LogP contribution in [-0.2, 0) is 9.84 Å². The fraction of sp³-hybridized carbons (Fsp3) is 0.417. The number of aromatic hydroxyl groups is 1. The number of amides is 2. The highest BCUT2D eigenvalue weighted by Crippen LogP contribution is 2.17. The Hall–Kier alpha value is -1.76. The number of phenolic OH excluding ortho intramolecular Hbond substituents is 1. The average Bonchev–Trinajstić information content (AvgIpc) is 2.69.